The molecule has 0 heterocycles. The fraction of sp³-hybridized carbons (Fsp3) is 0.611. The molecule has 0 aliphatic heterocycles. The maximum atomic E-state index is 12.0. The van der Waals surface area contributed by atoms with Crippen molar-refractivity contribution in [3.8, 4) is 0 Å². The Hall–Kier alpha value is -1.59. The van der Waals surface area contributed by atoms with E-state index in [1.54, 1.807) is 0 Å². The Labute approximate surface area is 138 Å². The number of ether oxygens (including phenoxy) is 1. The molecule has 0 spiro atoms. The van der Waals surface area contributed by atoms with Gasteiger partial charge in [-0.2, -0.15) is 0 Å². The van der Waals surface area contributed by atoms with E-state index in [0.29, 0.717) is 6.54 Å². The molecule has 1 saturated carbocycles. The lowest BCUT2D eigenvalue weighted by atomic mass is 9.78. The summed E-state index contributed by atoms with van der Waals surface area (Å²) in [6.45, 7) is 3.14. The maximum Gasteiger partial charge on any atom is 0.314 e. The molecule has 1 aliphatic carbocycles. The van der Waals surface area contributed by atoms with Crippen LogP contribution in [-0.4, -0.2) is 44.0 Å². The summed E-state index contributed by atoms with van der Waals surface area (Å²) in [5.41, 5.74) is 2.60. The van der Waals surface area contributed by atoms with Gasteiger partial charge in [0.1, 0.15) is 0 Å². The summed E-state index contributed by atoms with van der Waals surface area (Å²) in [7, 11) is 1.52. The maximum absolute atomic E-state index is 12.0. The normalized spacial score (nSPS) is 17.7. The van der Waals surface area contributed by atoms with Crippen LogP contribution >= 0.6 is 0 Å². The summed E-state index contributed by atoms with van der Waals surface area (Å²) in [4.78, 5) is 12.0. The number of carbonyl (C=O) groups is 1. The van der Waals surface area contributed by atoms with E-state index in [1.807, 2.05) is 0 Å². The minimum absolute atomic E-state index is 0.0362. The van der Waals surface area contributed by atoms with Gasteiger partial charge in [0.05, 0.1) is 12.7 Å². The number of urea groups is 1. The van der Waals surface area contributed by atoms with Crippen molar-refractivity contribution in [2.45, 2.75) is 44.1 Å². The lowest BCUT2D eigenvalue weighted by molar-refractivity contribution is 0.0659. The van der Waals surface area contributed by atoms with Gasteiger partial charge in [-0.25, -0.2) is 4.79 Å². The lowest BCUT2D eigenvalue weighted by Crippen LogP contribution is -2.46. The number of carbonyl (C=O) groups excluding carboxylic acids is 1. The zero-order valence-electron chi connectivity index (χ0n) is 14.1. The van der Waals surface area contributed by atoms with Gasteiger partial charge in [0.25, 0.3) is 0 Å². The van der Waals surface area contributed by atoms with Crippen molar-refractivity contribution in [1.29, 1.82) is 0 Å². The molecule has 5 heteroatoms. The van der Waals surface area contributed by atoms with Gasteiger partial charge >= 0.3 is 6.03 Å². The van der Waals surface area contributed by atoms with Crippen molar-refractivity contribution in [3.63, 3.8) is 0 Å². The number of aliphatic hydroxyl groups excluding tert-OH is 1. The third kappa shape index (κ3) is 4.94. The molecular formula is C18H28N2O3. The lowest BCUT2D eigenvalue weighted by Gasteiger charge is -2.30. The number of hydrogen-bond donors (Lipinski definition) is 3. The van der Waals surface area contributed by atoms with Crippen molar-refractivity contribution in [3.05, 3.63) is 35.4 Å². The van der Waals surface area contributed by atoms with E-state index in [2.05, 4.69) is 41.8 Å². The average Bonchev–Trinajstić information content (AvgIpc) is 3.01. The van der Waals surface area contributed by atoms with Gasteiger partial charge in [-0.15, -0.1) is 0 Å². The molecule has 1 aromatic carbocycles. The smallest absolute Gasteiger partial charge is 0.314 e. The van der Waals surface area contributed by atoms with Crippen molar-refractivity contribution in [2.24, 2.45) is 0 Å². The molecule has 1 atom stereocenters. The van der Waals surface area contributed by atoms with Gasteiger partial charge < -0.3 is 20.5 Å². The van der Waals surface area contributed by atoms with Crippen LogP contribution in [0.2, 0.25) is 0 Å². The zero-order valence-corrected chi connectivity index (χ0v) is 14.1. The predicted molar refractivity (Wildman–Crippen MR) is 90.6 cm³/mol. The first kappa shape index (κ1) is 17.8. The molecule has 0 radical (unpaired) electrons. The van der Waals surface area contributed by atoms with Crippen molar-refractivity contribution in [2.75, 3.05) is 26.8 Å². The van der Waals surface area contributed by atoms with Crippen LogP contribution in [0, 0.1) is 6.92 Å². The van der Waals surface area contributed by atoms with Crippen molar-refractivity contribution < 1.29 is 14.6 Å². The summed E-state index contributed by atoms with van der Waals surface area (Å²) in [6, 6.07) is 8.35. The van der Waals surface area contributed by atoms with Crippen LogP contribution < -0.4 is 10.6 Å². The standard InChI is InChI=1S/C18H28N2O3/c1-14-6-5-7-15(10-14)18(8-3-4-9-18)13-20-17(22)19-11-16(21)12-23-2/h5-7,10,16,21H,3-4,8-9,11-13H2,1-2H3,(H2,19,20,22). The third-order valence-electron chi connectivity index (χ3n) is 4.64. The SMILES string of the molecule is COCC(O)CNC(=O)NCC1(c2cccc(C)c2)CCCC1. The minimum Gasteiger partial charge on any atom is -0.389 e. The molecule has 1 aromatic rings. The van der Waals surface area contributed by atoms with Crippen LogP contribution in [0.5, 0.6) is 0 Å². The molecule has 2 rings (SSSR count). The number of hydrogen-bond acceptors (Lipinski definition) is 3. The minimum atomic E-state index is -0.678. The molecular weight excluding hydrogens is 292 g/mol. The molecule has 5 nitrogen and oxygen atoms in total. The van der Waals surface area contributed by atoms with E-state index in [1.165, 1.54) is 31.1 Å². The highest BCUT2D eigenvalue weighted by molar-refractivity contribution is 5.74. The van der Waals surface area contributed by atoms with Crippen LogP contribution in [0.3, 0.4) is 0 Å². The van der Waals surface area contributed by atoms with Crippen LogP contribution in [0.1, 0.15) is 36.8 Å². The first-order chi connectivity index (χ1) is 11.1. The van der Waals surface area contributed by atoms with E-state index in [-0.39, 0.29) is 24.6 Å². The Kier molecular flexibility index (Phi) is 6.42. The number of methoxy groups -OCH3 is 1. The van der Waals surface area contributed by atoms with Gasteiger partial charge in [-0.1, -0.05) is 42.7 Å². The fourth-order valence-corrected chi connectivity index (χ4v) is 3.37. The Morgan fingerprint density at radius 2 is 2.09 bits per heavy atom. The van der Waals surface area contributed by atoms with E-state index < -0.39 is 6.10 Å². The molecule has 128 valence electrons. The molecule has 0 aromatic heterocycles. The first-order valence-corrected chi connectivity index (χ1v) is 8.31. The van der Waals surface area contributed by atoms with E-state index in [0.717, 1.165) is 12.8 Å². The summed E-state index contributed by atoms with van der Waals surface area (Å²) in [6.07, 6.45) is 3.92. The Bertz CT molecular complexity index is 513. The van der Waals surface area contributed by atoms with E-state index in [4.69, 9.17) is 4.74 Å². The molecule has 0 saturated heterocycles. The Balaban J connectivity index is 1.91. The van der Waals surface area contributed by atoms with Crippen molar-refractivity contribution in [1.82, 2.24) is 10.6 Å². The van der Waals surface area contributed by atoms with Crippen LogP contribution in [-0.2, 0) is 10.2 Å². The van der Waals surface area contributed by atoms with Gasteiger partial charge in [-0.3, -0.25) is 0 Å². The second-order valence-electron chi connectivity index (χ2n) is 6.53. The Morgan fingerprint density at radius 3 is 2.74 bits per heavy atom. The molecule has 1 fully saturated rings. The van der Waals surface area contributed by atoms with E-state index in [9.17, 15) is 9.90 Å². The quantitative estimate of drug-likeness (QED) is 0.720. The first-order valence-electron chi connectivity index (χ1n) is 8.31. The third-order valence-corrected chi connectivity index (χ3v) is 4.64. The molecule has 23 heavy (non-hydrogen) atoms. The highest BCUT2D eigenvalue weighted by Crippen LogP contribution is 2.40. The number of nitrogens with one attached hydrogen (secondary N) is 2. The van der Waals surface area contributed by atoms with Crippen LogP contribution in [0.4, 0.5) is 4.79 Å². The van der Waals surface area contributed by atoms with Crippen LogP contribution in [0.25, 0.3) is 0 Å². The van der Waals surface area contributed by atoms with Gasteiger partial charge in [0, 0.05) is 25.6 Å². The number of aryl methyl sites for hydroxylation is 1. The van der Waals surface area contributed by atoms with Crippen molar-refractivity contribution >= 4 is 6.03 Å². The highest BCUT2D eigenvalue weighted by Gasteiger charge is 2.35. The number of aliphatic hydroxyl groups is 1. The van der Waals surface area contributed by atoms with Crippen LogP contribution in [0.15, 0.2) is 24.3 Å². The largest absolute Gasteiger partial charge is 0.389 e. The van der Waals surface area contributed by atoms with E-state index >= 15 is 0 Å². The van der Waals surface area contributed by atoms with Gasteiger partial charge in [0.15, 0.2) is 0 Å². The van der Waals surface area contributed by atoms with Gasteiger partial charge in [0.2, 0.25) is 0 Å². The second-order valence-corrected chi connectivity index (χ2v) is 6.53. The summed E-state index contributed by atoms with van der Waals surface area (Å²) in [5.74, 6) is 0. The average molecular weight is 320 g/mol. The summed E-state index contributed by atoms with van der Waals surface area (Å²) >= 11 is 0. The molecule has 1 aliphatic rings. The number of amides is 2. The second kappa shape index (κ2) is 8.31. The molecule has 2 amide bonds. The zero-order chi connectivity index (χ0) is 16.7. The number of rotatable bonds is 7. The topological polar surface area (TPSA) is 70.6 Å². The number of benzene rings is 1. The summed E-state index contributed by atoms with van der Waals surface area (Å²) in [5, 5.41) is 15.2. The van der Waals surface area contributed by atoms with Gasteiger partial charge in [-0.05, 0) is 25.3 Å². The predicted octanol–water partition coefficient (Wildman–Crippen LogP) is 2.11. The molecule has 1 unspecified atom stereocenters. The fourth-order valence-electron chi connectivity index (χ4n) is 3.37. The summed E-state index contributed by atoms with van der Waals surface area (Å²) < 4.78 is 4.84. The molecule has 3 N–H and O–H groups in total. The monoisotopic (exact) mass is 320 g/mol. The Morgan fingerprint density at radius 1 is 1.35 bits per heavy atom. The highest BCUT2D eigenvalue weighted by atomic mass is 16.5. The molecule has 0 bridgehead atoms.